The van der Waals surface area contributed by atoms with Crippen molar-refractivity contribution in [3.63, 3.8) is 0 Å². The zero-order valence-electron chi connectivity index (χ0n) is 12.1. The van der Waals surface area contributed by atoms with Crippen LogP contribution in [0.2, 0.25) is 0 Å². The van der Waals surface area contributed by atoms with Crippen LogP contribution in [0.5, 0.6) is 0 Å². The van der Waals surface area contributed by atoms with Crippen molar-refractivity contribution in [3.05, 3.63) is 53.2 Å². The van der Waals surface area contributed by atoms with Gasteiger partial charge in [-0.15, -0.1) is 11.3 Å². The van der Waals surface area contributed by atoms with Crippen molar-refractivity contribution < 1.29 is 9.90 Å². The molecule has 23 heavy (non-hydrogen) atoms. The lowest BCUT2D eigenvalue weighted by Crippen LogP contribution is -2.02. The van der Waals surface area contributed by atoms with Crippen molar-refractivity contribution >= 4 is 33.3 Å². The third-order valence-corrected chi connectivity index (χ3v) is 3.99. The monoisotopic (exact) mass is 323 g/mol. The van der Waals surface area contributed by atoms with Gasteiger partial charge in [0, 0.05) is 18.5 Å². The summed E-state index contributed by atoms with van der Waals surface area (Å²) in [6, 6.07) is 8.53. The molecule has 2 heterocycles. The fourth-order valence-electron chi connectivity index (χ4n) is 2.04. The molecule has 2 N–H and O–H groups in total. The molecule has 6 heteroatoms. The molecule has 1 aromatic carbocycles. The number of carboxylic acids is 1. The maximum atomic E-state index is 10.8. The molecule has 2 aromatic heterocycles. The van der Waals surface area contributed by atoms with E-state index in [1.54, 1.807) is 41.9 Å². The molecule has 0 bridgehead atoms. The molecule has 114 valence electrons. The van der Waals surface area contributed by atoms with Crippen LogP contribution < -0.4 is 5.32 Å². The van der Waals surface area contributed by atoms with Crippen molar-refractivity contribution in [3.8, 4) is 11.8 Å². The van der Waals surface area contributed by atoms with Gasteiger partial charge in [-0.25, -0.2) is 14.8 Å². The predicted octanol–water partition coefficient (Wildman–Crippen LogP) is 3.24. The average molecular weight is 323 g/mol. The Labute approximate surface area is 137 Å². The van der Waals surface area contributed by atoms with Crippen molar-refractivity contribution in [2.45, 2.75) is 6.42 Å². The molecule has 0 aliphatic rings. The molecule has 0 amide bonds. The number of anilines is 1. The van der Waals surface area contributed by atoms with E-state index < -0.39 is 5.97 Å². The number of benzene rings is 1. The molecule has 0 spiro atoms. The zero-order valence-corrected chi connectivity index (χ0v) is 12.9. The number of nitrogens with zero attached hydrogens (tertiary/aromatic N) is 2. The van der Waals surface area contributed by atoms with Crippen LogP contribution in [0.3, 0.4) is 0 Å². The van der Waals surface area contributed by atoms with Crippen LogP contribution in [0.25, 0.3) is 10.2 Å². The molecule has 0 unspecified atom stereocenters. The topological polar surface area (TPSA) is 75.1 Å². The van der Waals surface area contributed by atoms with Crippen LogP contribution in [-0.2, 0) is 0 Å². The van der Waals surface area contributed by atoms with Gasteiger partial charge in [-0.05, 0) is 35.7 Å². The molecular formula is C17H13N3O2S. The molecule has 0 aliphatic heterocycles. The van der Waals surface area contributed by atoms with Gasteiger partial charge in [-0.1, -0.05) is 11.8 Å². The fourth-order valence-corrected chi connectivity index (χ4v) is 2.77. The predicted molar refractivity (Wildman–Crippen MR) is 90.8 cm³/mol. The van der Waals surface area contributed by atoms with E-state index in [9.17, 15) is 4.79 Å². The van der Waals surface area contributed by atoms with E-state index in [2.05, 4.69) is 27.1 Å². The number of hydrogen-bond donors (Lipinski definition) is 2. The third-order valence-electron chi connectivity index (χ3n) is 3.17. The highest BCUT2D eigenvalue weighted by atomic mass is 32.1. The number of aromatic carboxylic acids is 1. The number of carbonyl (C=O) groups is 1. The van der Waals surface area contributed by atoms with E-state index in [0.29, 0.717) is 13.0 Å². The molecule has 3 rings (SSSR count). The number of thiophene rings is 1. The van der Waals surface area contributed by atoms with Crippen LogP contribution in [0.15, 0.2) is 42.0 Å². The molecule has 0 aliphatic carbocycles. The number of nitrogens with one attached hydrogen (secondary N) is 1. The minimum absolute atomic E-state index is 0.265. The minimum atomic E-state index is -0.932. The van der Waals surface area contributed by atoms with Crippen LogP contribution in [0.4, 0.5) is 5.82 Å². The fraction of sp³-hybridized carbons (Fsp3) is 0.118. The summed E-state index contributed by atoms with van der Waals surface area (Å²) in [5.74, 6) is 5.97. The van der Waals surface area contributed by atoms with Crippen molar-refractivity contribution in [1.29, 1.82) is 0 Å². The van der Waals surface area contributed by atoms with Crippen LogP contribution >= 0.6 is 11.3 Å². The summed E-state index contributed by atoms with van der Waals surface area (Å²) in [6.07, 6.45) is 2.22. The molecule has 0 atom stereocenters. The first kappa shape index (κ1) is 15.0. The smallest absolute Gasteiger partial charge is 0.335 e. The Balaban J connectivity index is 1.56. The minimum Gasteiger partial charge on any atom is -0.478 e. The lowest BCUT2D eigenvalue weighted by atomic mass is 10.1. The summed E-state index contributed by atoms with van der Waals surface area (Å²) in [7, 11) is 0. The summed E-state index contributed by atoms with van der Waals surface area (Å²) in [6.45, 7) is 0.683. The Bertz CT molecular complexity index is 891. The third kappa shape index (κ3) is 3.65. The number of aromatic nitrogens is 2. The van der Waals surface area contributed by atoms with Gasteiger partial charge in [0.15, 0.2) is 0 Å². The van der Waals surface area contributed by atoms with Crippen LogP contribution in [0.1, 0.15) is 22.3 Å². The van der Waals surface area contributed by atoms with Gasteiger partial charge < -0.3 is 10.4 Å². The van der Waals surface area contributed by atoms with E-state index in [1.807, 2.05) is 11.4 Å². The summed E-state index contributed by atoms with van der Waals surface area (Å²) in [4.78, 5) is 20.2. The average Bonchev–Trinajstić information content (AvgIpc) is 3.04. The van der Waals surface area contributed by atoms with E-state index in [0.717, 1.165) is 21.6 Å². The Kier molecular flexibility index (Phi) is 4.50. The van der Waals surface area contributed by atoms with E-state index in [1.165, 1.54) is 0 Å². The highest BCUT2D eigenvalue weighted by Crippen LogP contribution is 2.23. The van der Waals surface area contributed by atoms with Gasteiger partial charge in [0.25, 0.3) is 0 Å². The second-order valence-electron chi connectivity index (χ2n) is 4.72. The standard InChI is InChI=1S/C17H13N3O2S/c21-17(22)13-6-4-12(5-7-13)3-1-2-9-18-15-14-8-10-23-16(14)20-11-19-15/h4-8,10-11H,2,9H2,(H,21,22)(H,18,19,20). The first-order valence-electron chi connectivity index (χ1n) is 6.98. The Hall–Kier alpha value is -2.91. The molecule has 0 fully saturated rings. The maximum absolute atomic E-state index is 10.8. The summed E-state index contributed by atoms with van der Waals surface area (Å²) >= 11 is 1.58. The second-order valence-corrected chi connectivity index (χ2v) is 5.62. The van der Waals surface area contributed by atoms with Gasteiger partial charge in [0.05, 0.1) is 10.9 Å². The summed E-state index contributed by atoms with van der Waals surface area (Å²) in [5.41, 5.74) is 1.07. The molecule has 0 saturated carbocycles. The Morgan fingerprint density at radius 2 is 2.04 bits per heavy atom. The molecule has 5 nitrogen and oxygen atoms in total. The second kappa shape index (κ2) is 6.90. The molecular weight excluding hydrogens is 310 g/mol. The van der Waals surface area contributed by atoms with Gasteiger partial charge in [-0.2, -0.15) is 0 Å². The Morgan fingerprint density at radius 3 is 2.83 bits per heavy atom. The van der Waals surface area contributed by atoms with Gasteiger partial charge >= 0.3 is 5.97 Å². The van der Waals surface area contributed by atoms with E-state index in [-0.39, 0.29) is 5.56 Å². The SMILES string of the molecule is O=C(O)c1ccc(C#CCCNc2ncnc3sccc23)cc1. The van der Waals surface area contributed by atoms with Crippen LogP contribution in [-0.4, -0.2) is 27.6 Å². The largest absolute Gasteiger partial charge is 0.478 e. The van der Waals surface area contributed by atoms with Crippen molar-refractivity contribution in [2.24, 2.45) is 0 Å². The number of hydrogen-bond acceptors (Lipinski definition) is 5. The quantitative estimate of drug-likeness (QED) is 0.569. The first-order valence-corrected chi connectivity index (χ1v) is 7.86. The molecule has 0 radical (unpaired) electrons. The van der Waals surface area contributed by atoms with E-state index >= 15 is 0 Å². The van der Waals surface area contributed by atoms with Gasteiger partial charge in [0.1, 0.15) is 17.0 Å². The summed E-state index contributed by atoms with van der Waals surface area (Å²) < 4.78 is 0. The summed E-state index contributed by atoms with van der Waals surface area (Å²) in [5, 5.41) is 15.1. The van der Waals surface area contributed by atoms with Crippen molar-refractivity contribution in [1.82, 2.24) is 9.97 Å². The number of carboxylic acid groups (broad SMARTS) is 1. The van der Waals surface area contributed by atoms with Gasteiger partial charge in [-0.3, -0.25) is 0 Å². The lowest BCUT2D eigenvalue weighted by Gasteiger charge is -2.03. The molecule has 3 aromatic rings. The normalized spacial score (nSPS) is 10.1. The Morgan fingerprint density at radius 1 is 1.22 bits per heavy atom. The maximum Gasteiger partial charge on any atom is 0.335 e. The highest BCUT2D eigenvalue weighted by molar-refractivity contribution is 7.16. The number of fused-ring (bicyclic) bond motifs is 1. The highest BCUT2D eigenvalue weighted by Gasteiger charge is 2.03. The molecule has 0 saturated heterocycles. The number of rotatable bonds is 4. The van der Waals surface area contributed by atoms with Gasteiger partial charge in [0.2, 0.25) is 0 Å². The van der Waals surface area contributed by atoms with Crippen LogP contribution in [0, 0.1) is 11.8 Å². The zero-order chi connectivity index (χ0) is 16.1. The van der Waals surface area contributed by atoms with Crippen molar-refractivity contribution in [2.75, 3.05) is 11.9 Å². The van der Waals surface area contributed by atoms with E-state index in [4.69, 9.17) is 5.11 Å². The first-order chi connectivity index (χ1) is 11.2. The lowest BCUT2D eigenvalue weighted by molar-refractivity contribution is 0.0697.